The van der Waals surface area contributed by atoms with Crippen LogP contribution in [-0.4, -0.2) is 23.9 Å². The molecule has 0 saturated heterocycles. The molecule has 1 aromatic rings. The standard InChI is InChI=1S/C9H11FO3/c1-13-9-7(10)3-2-6(4-5-11)8(9)12/h2-3,11-12H,4-5H2,1H3. The molecule has 0 heterocycles. The molecule has 0 amide bonds. The second-order valence-corrected chi connectivity index (χ2v) is 2.56. The Kier molecular flexibility index (Phi) is 3.08. The van der Waals surface area contributed by atoms with Gasteiger partial charge in [-0.2, -0.15) is 0 Å². The number of ether oxygens (including phenoxy) is 1. The number of benzene rings is 1. The maximum absolute atomic E-state index is 12.9. The molecule has 0 aromatic heterocycles. The summed E-state index contributed by atoms with van der Waals surface area (Å²) < 4.78 is 17.6. The van der Waals surface area contributed by atoms with Gasteiger partial charge >= 0.3 is 0 Å². The first-order valence-electron chi connectivity index (χ1n) is 3.86. The molecule has 3 nitrogen and oxygen atoms in total. The third-order valence-corrected chi connectivity index (χ3v) is 1.75. The SMILES string of the molecule is COc1c(F)ccc(CCO)c1O. The van der Waals surface area contributed by atoms with Crippen molar-refractivity contribution in [2.75, 3.05) is 13.7 Å². The monoisotopic (exact) mass is 186 g/mol. The fourth-order valence-corrected chi connectivity index (χ4v) is 1.10. The Morgan fingerprint density at radius 3 is 2.69 bits per heavy atom. The molecule has 0 radical (unpaired) electrons. The second kappa shape index (κ2) is 4.09. The lowest BCUT2D eigenvalue weighted by Gasteiger charge is -2.08. The van der Waals surface area contributed by atoms with Gasteiger partial charge in [-0.15, -0.1) is 0 Å². The first kappa shape index (κ1) is 9.80. The molecule has 1 rings (SSSR count). The molecule has 2 N–H and O–H groups in total. The lowest BCUT2D eigenvalue weighted by molar-refractivity contribution is 0.295. The number of methoxy groups -OCH3 is 1. The van der Waals surface area contributed by atoms with Crippen molar-refractivity contribution in [2.45, 2.75) is 6.42 Å². The molecule has 0 saturated carbocycles. The number of hydrogen-bond acceptors (Lipinski definition) is 3. The Labute approximate surface area is 75.4 Å². The van der Waals surface area contributed by atoms with Crippen LogP contribution in [-0.2, 0) is 6.42 Å². The van der Waals surface area contributed by atoms with E-state index in [2.05, 4.69) is 4.74 Å². The van der Waals surface area contributed by atoms with Crippen molar-refractivity contribution in [1.82, 2.24) is 0 Å². The van der Waals surface area contributed by atoms with Crippen LogP contribution in [0.1, 0.15) is 5.56 Å². The number of halogens is 1. The van der Waals surface area contributed by atoms with Crippen molar-refractivity contribution in [1.29, 1.82) is 0 Å². The minimum atomic E-state index is -0.610. The summed E-state index contributed by atoms with van der Waals surface area (Å²) in [5.41, 5.74) is 0.473. The summed E-state index contributed by atoms with van der Waals surface area (Å²) in [6, 6.07) is 2.62. The van der Waals surface area contributed by atoms with Crippen LogP contribution < -0.4 is 4.74 Å². The van der Waals surface area contributed by atoms with Gasteiger partial charge in [-0.3, -0.25) is 0 Å². The Morgan fingerprint density at radius 1 is 1.46 bits per heavy atom. The predicted molar refractivity (Wildman–Crippen MR) is 45.4 cm³/mol. The van der Waals surface area contributed by atoms with E-state index in [1.165, 1.54) is 19.2 Å². The van der Waals surface area contributed by atoms with Gasteiger partial charge in [0, 0.05) is 12.2 Å². The number of phenolic OH excluding ortho intramolecular Hbond substituents is 1. The smallest absolute Gasteiger partial charge is 0.196 e. The molecule has 0 fully saturated rings. The summed E-state index contributed by atoms with van der Waals surface area (Å²) in [5.74, 6) is -1.02. The molecule has 0 unspecified atom stereocenters. The van der Waals surface area contributed by atoms with Crippen LogP contribution in [0.3, 0.4) is 0 Å². The molecule has 0 aliphatic rings. The summed E-state index contributed by atoms with van der Waals surface area (Å²) in [7, 11) is 1.28. The highest BCUT2D eigenvalue weighted by molar-refractivity contribution is 5.46. The summed E-state index contributed by atoms with van der Waals surface area (Å²) in [6.07, 6.45) is 0.280. The molecule has 4 heteroatoms. The van der Waals surface area contributed by atoms with Gasteiger partial charge in [0.2, 0.25) is 0 Å². The van der Waals surface area contributed by atoms with Crippen molar-refractivity contribution in [3.8, 4) is 11.5 Å². The van der Waals surface area contributed by atoms with E-state index in [0.29, 0.717) is 5.56 Å². The molecule has 0 spiro atoms. The van der Waals surface area contributed by atoms with Gasteiger partial charge in [0.25, 0.3) is 0 Å². The maximum atomic E-state index is 12.9. The number of aliphatic hydroxyl groups is 1. The number of hydrogen-bond donors (Lipinski definition) is 2. The van der Waals surface area contributed by atoms with Crippen LogP contribution in [0.25, 0.3) is 0 Å². The van der Waals surface area contributed by atoms with Crippen LogP contribution in [0.15, 0.2) is 12.1 Å². The van der Waals surface area contributed by atoms with E-state index in [0.717, 1.165) is 0 Å². The van der Waals surface area contributed by atoms with Gasteiger partial charge in [-0.25, -0.2) is 4.39 Å². The van der Waals surface area contributed by atoms with Crippen molar-refractivity contribution < 1.29 is 19.3 Å². The van der Waals surface area contributed by atoms with Crippen molar-refractivity contribution in [3.63, 3.8) is 0 Å². The lowest BCUT2D eigenvalue weighted by atomic mass is 10.1. The molecule has 1 aromatic carbocycles. The van der Waals surface area contributed by atoms with E-state index in [4.69, 9.17) is 5.11 Å². The van der Waals surface area contributed by atoms with Crippen molar-refractivity contribution in [2.24, 2.45) is 0 Å². The summed E-state index contributed by atoms with van der Waals surface area (Å²) in [4.78, 5) is 0. The summed E-state index contributed by atoms with van der Waals surface area (Å²) >= 11 is 0. The predicted octanol–water partition coefficient (Wildman–Crippen LogP) is 1.07. The summed E-state index contributed by atoms with van der Waals surface area (Å²) in [6.45, 7) is -0.0949. The average molecular weight is 186 g/mol. The Balaban J connectivity index is 3.11. The lowest BCUT2D eigenvalue weighted by Crippen LogP contribution is -1.95. The number of phenols is 1. The Hall–Kier alpha value is -1.29. The highest BCUT2D eigenvalue weighted by atomic mass is 19.1. The number of rotatable bonds is 3. The minimum absolute atomic E-state index is 0.0949. The van der Waals surface area contributed by atoms with E-state index in [9.17, 15) is 9.50 Å². The van der Waals surface area contributed by atoms with E-state index >= 15 is 0 Å². The first-order chi connectivity index (χ1) is 6.20. The maximum Gasteiger partial charge on any atom is 0.196 e. The van der Waals surface area contributed by atoms with Crippen LogP contribution in [0, 0.1) is 5.82 Å². The molecular weight excluding hydrogens is 175 g/mol. The van der Waals surface area contributed by atoms with Gasteiger partial charge in [-0.05, 0) is 12.5 Å². The third-order valence-electron chi connectivity index (χ3n) is 1.75. The fourth-order valence-electron chi connectivity index (χ4n) is 1.10. The first-order valence-corrected chi connectivity index (χ1v) is 3.86. The van der Waals surface area contributed by atoms with Crippen LogP contribution in [0.4, 0.5) is 4.39 Å². The second-order valence-electron chi connectivity index (χ2n) is 2.56. The highest BCUT2D eigenvalue weighted by Crippen LogP contribution is 2.32. The van der Waals surface area contributed by atoms with E-state index in [1.54, 1.807) is 0 Å². The van der Waals surface area contributed by atoms with Crippen LogP contribution in [0.2, 0.25) is 0 Å². The van der Waals surface area contributed by atoms with Gasteiger partial charge in [0.15, 0.2) is 17.3 Å². The van der Waals surface area contributed by atoms with Crippen molar-refractivity contribution >= 4 is 0 Å². The zero-order valence-corrected chi connectivity index (χ0v) is 7.25. The van der Waals surface area contributed by atoms with E-state index < -0.39 is 5.82 Å². The molecule has 72 valence electrons. The molecular formula is C9H11FO3. The Bertz CT molecular complexity index is 299. The zero-order valence-electron chi connectivity index (χ0n) is 7.25. The average Bonchev–Trinajstić information content (AvgIpc) is 2.11. The molecule has 0 atom stereocenters. The zero-order chi connectivity index (χ0) is 9.84. The molecule has 0 bridgehead atoms. The van der Waals surface area contributed by atoms with Gasteiger partial charge in [0.1, 0.15) is 0 Å². The van der Waals surface area contributed by atoms with E-state index in [-0.39, 0.29) is 24.5 Å². The normalized spacial score (nSPS) is 10.1. The fraction of sp³-hybridized carbons (Fsp3) is 0.333. The quantitative estimate of drug-likeness (QED) is 0.742. The topological polar surface area (TPSA) is 49.7 Å². The Morgan fingerprint density at radius 2 is 2.15 bits per heavy atom. The minimum Gasteiger partial charge on any atom is -0.504 e. The number of aromatic hydroxyl groups is 1. The summed E-state index contributed by atoms with van der Waals surface area (Å²) in [5, 5.41) is 18.1. The largest absolute Gasteiger partial charge is 0.504 e. The van der Waals surface area contributed by atoms with Gasteiger partial charge in [-0.1, -0.05) is 6.07 Å². The highest BCUT2D eigenvalue weighted by Gasteiger charge is 2.12. The van der Waals surface area contributed by atoms with Crippen molar-refractivity contribution in [3.05, 3.63) is 23.5 Å². The third kappa shape index (κ3) is 1.89. The molecule has 0 aliphatic carbocycles. The molecule has 0 aliphatic heterocycles. The van der Waals surface area contributed by atoms with E-state index in [1.807, 2.05) is 0 Å². The van der Waals surface area contributed by atoms with Crippen LogP contribution >= 0.6 is 0 Å². The van der Waals surface area contributed by atoms with Crippen LogP contribution in [0.5, 0.6) is 11.5 Å². The van der Waals surface area contributed by atoms with Gasteiger partial charge in [0.05, 0.1) is 7.11 Å². The number of aliphatic hydroxyl groups excluding tert-OH is 1. The molecule has 13 heavy (non-hydrogen) atoms. The van der Waals surface area contributed by atoms with Gasteiger partial charge < -0.3 is 14.9 Å².